The molecule has 0 spiro atoms. The van der Waals surface area contributed by atoms with Gasteiger partial charge in [-0.3, -0.25) is 4.79 Å². The van der Waals surface area contributed by atoms with E-state index in [2.05, 4.69) is 0 Å². The average Bonchev–Trinajstić information content (AvgIpc) is 2.30. The van der Waals surface area contributed by atoms with Crippen molar-refractivity contribution in [1.82, 2.24) is 0 Å². The zero-order valence-corrected chi connectivity index (χ0v) is 12.2. The van der Waals surface area contributed by atoms with Gasteiger partial charge in [0.15, 0.2) is 0 Å². The summed E-state index contributed by atoms with van der Waals surface area (Å²) < 4.78 is 4.93. The molecular formula is C12H26NO3P. The summed E-state index contributed by atoms with van der Waals surface area (Å²) in [6.45, 7) is 5.90. The third-order valence-electron chi connectivity index (χ3n) is 1.60. The maximum Gasteiger partial charge on any atom is 0.322 e. The van der Waals surface area contributed by atoms with Crippen LogP contribution in [0.4, 0.5) is 0 Å². The average molecular weight is 263 g/mol. The van der Waals surface area contributed by atoms with E-state index in [9.17, 15) is 4.79 Å². The van der Waals surface area contributed by atoms with Crippen molar-refractivity contribution in [3.63, 3.8) is 0 Å². The first kappa shape index (κ1) is 21.3. The molecule has 0 aromatic heterocycles. The number of hydrogen-bond acceptors (Lipinski definition) is 3. The third-order valence-corrected chi connectivity index (χ3v) is 1.60. The third kappa shape index (κ3) is 9.94. The second-order valence-electron chi connectivity index (χ2n) is 2.88. The minimum absolute atomic E-state index is 0. The Hall–Kier alpha value is -0.960. The van der Waals surface area contributed by atoms with Crippen molar-refractivity contribution in [3.05, 3.63) is 35.9 Å². The molecule has 0 bridgehead atoms. The fraction of sp³-hybridized carbons (Fsp3) is 0.417. The quantitative estimate of drug-likeness (QED) is 0.663. The first-order valence-corrected chi connectivity index (χ1v) is 5.16. The number of nitrogens with two attached hydrogens (primary N) is 1. The van der Waals surface area contributed by atoms with E-state index in [4.69, 9.17) is 10.5 Å². The van der Waals surface area contributed by atoms with Gasteiger partial charge in [0.05, 0.1) is 0 Å². The van der Waals surface area contributed by atoms with Crippen molar-refractivity contribution in [3.8, 4) is 0 Å². The maximum absolute atomic E-state index is 11.0. The van der Waals surface area contributed by atoms with Crippen LogP contribution in [0.5, 0.6) is 0 Å². The van der Waals surface area contributed by atoms with Crippen LogP contribution >= 0.6 is 9.90 Å². The molecule has 1 aromatic carbocycles. The van der Waals surface area contributed by atoms with Crippen molar-refractivity contribution in [1.29, 1.82) is 0 Å². The fourth-order valence-corrected chi connectivity index (χ4v) is 0.860. The number of ether oxygens (including phenoxy) is 1. The molecule has 0 saturated heterocycles. The second kappa shape index (κ2) is 13.1. The van der Waals surface area contributed by atoms with Gasteiger partial charge in [0.2, 0.25) is 0 Å². The molecule has 4 nitrogen and oxygen atoms in total. The van der Waals surface area contributed by atoms with Crippen molar-refractivity contribution < 1.29 is 16.4 Å². The Morgan fingerprint density at radius 1 is 1.35 bits per heavy atom. The Balaban J connectivity index is -0.000000186. The summed E-state index contributed by atoms with van der Waals surface area (Å²) in [5, 5.41) is 0. The Labute approximate surface area is 108 Å². The molecule has 1 rings (SSSR count). The highest BCUT2D eigenvalue weighted by molar-refractivity contribution is 6.92. The molecule has 0 aliphatic carbocycles. The smallest absolute Gasteiger partial charge is 0.322 e. The first-order chi connectivity index (χ1) is 7.20. The lowest BCUT2D eigenvalue weighted by Crippen LogP contribution is -2.28. The molecule has 0 amide bonds. The lowest BCUT2D eigenvalue weighted by Gasteiger charge is -2.06. The normalized spacial score (nSPS) is 9.65. The monoisotopic (exact) mass is 263 g/mol. The van der Waals surface area contributed by atoms with Crippen LogP contribution in [0.3, 0.4) is 0 Å². The summed E-state index contributed by atoms with van der Waals surface area (Å²) in [5.41, 5.74) is 6.29. The summed E-state index contributed by atoms with van der Waals surface area (Å²) in [5.74, 6) is -0.371. The molecule has 17 heavy (non-hydrogen) atoms. The van der Waals surface area contributed by atoms with Gasteiger partial charge in [0.1, 0.15) is 12.6 Å². The predicted molar refractivity (Wildman–Crippen MR) is 78.1 cm³/mol. The van der Waals surface area contributed by atoms with E-state index in [-0.39, 0.29) is 22.8 Å². The van der Waals surface area contributed by atoms with Crippen LogP contribution in [0.25, 0.3) is 0 Å². The van der Waals surface area contributed by atoms with E-state index in [0.717, 1.165) is 5.56 Å². The molecule has 0 heterocycles. The number of carbonyl (C=O) groups is 1. The summed E-state index contributed by atoms with van der Waals surface area (Å²) >= 11 is 0. The van der Waals surface area contributed by atoms with Gasteiger partial charge in [-0.25, -0.2) is 0 Å². The molecule has 0 radical (unpaired) electrons. The summed E-state index contributed by atoms with van der Waals surface area (Å²) in [7, 11) is 0. The molecule has 5 heteroatoms. The highest BCUT2D eigenvalue weighted by Crippen LogP contribution is 2.00. The second-order valence-corrected chi connectivity index (χ2v) is 2.88. The SMILES string of the molecule is CC.C[C@H](N)C(=O)OCc1ccccc1.O.P.[HH]. The van der Waals surface area contributed by atoms with Crippen molar-refractivity contribution in [2.45, 2.75) is 33.4 Å². The molecule has 4 N–H and O–H groups in total. The van der Waals surface area contributed by atoms with Gasteiger partial charge >= 0.3 is 5.97 Å². The molecule has 0 aliphatic rings. The van der Waals surface area contributed by atoms with E-state index in [1.54, 1.807) is 6.92 Å². The fourth-order valence-electron chi connectivity index (χ4n) is 0.860. The summed E-state index contributed by atoms with van der Waals surface area (Å²) in [6, 6.07) is 8.95. The zero-order valence-electron chi connectivity index (χ0n) is 10.8. The standard InChI is InChI=1S/C10H13NO2.C2H6.H2O.H3P.H2/c1-8(11)10(12)13-7-9-5-3-2-4-6-9;1-2;;;/h2-6,8H,7,11H2,1H3;1-2H3;1H2;1H3;1H/t8-;;;;/m0..../s1. The lowest BCUT2D eigenvalue weighted by molar-refractivity contribution is -0.146. The minimum Gasteiger partial charge on any atom is -0.460 e. The number of hydrogen-bond donors (Lipinski definition) is 1. The maximum atomic E-state index is 11.0. The summed E-state index contributed by atoms with van der Waals surface area (Å²) in [6.07, 6.45) is 0. The molecule has 2 atom stereocenters. The van der Waals surface area contributed by atoms with Crippen LogP contribution in [0.15, 0.2) is 30.3 Å². The number of rotatable bonds is 3. The topological polar surface area (TPSA) is 83.8 Å². The van der Waals surface area contributed by atoms with Gasteiger partial charge in [0.25, 0.3) is 0 Å². The lowest BCUT2D eigenvalue weighted by atomic mass is 10.2. The van der Waals surface area contributed by atoms with Crippen molar-refractivity contribution in [2.24, 2.45) is 5.73 Å². The van der Waals surface area contributed by atoms with E-state index in [1.807, 2.05) is 44.2 Å². The van der Waals surface area contributed by atoms with Crippen molar-refractivity contribution in [2.75, 3.05) is 0 Å². The Kier molecular flexibility index (Phi) is 16.5. The number of esters is 1. The molecule has 0 fully saturated rings. The van der Waals surface area contributed by atoms with Gasteiger partial charge < -0.3 is 15.9 Å². The van der Waals surface area contributed by atoms with E-state index >= 15 is 0 Å². The van der Waals surface area contributed by atoms with Crippen LogP contribution in [-0.2, 0) is 16.1 Å². The van der Waals surface area contributed by atoms with Crippen LogP contribution in [0.2, 0.25) is 0 Å². The highest BCUT2D eigenvalue weighted by Gasteiger charge is 2.07. The largest absolute Gasteiger partial charge is 0.460 e. The zero-order chi connectivity index (χ0) is 11.7. The Morgan fingerprint density at radius 2 is 1.82 bits per heavy atom. The molecule has 1 aromatic rings. The number of carbonyl (C=O) groups excluding carboxylic acids is 1. The summed E-state index contributed by atoms with van der Waals surface area (Å²) in [4.78, 5) is 11.0. The minimum atomic E-state index is -0.552. The van der Waals surface area contributed by atoms with Crippen LogP contribution in [-0.4, -0.2) is 17.5 Å². The first-order valence-electron chi connectivity index (χ1n) is 5.16. The Morgan fingerprint density at radius 3 is 2.24 bits per heavy atom. The van der Waals surface area contributed by atoms with Crippen LogP contribution in [0, 0.1) is 0 Å². The van der Waals surface area contributed by atoms with Gasteiger partial charge in [0, 0.05) is 1.43 Å². The highest BCUT2D eigenvalue weighted by atomic mass is 31.0. The Bertz CT molecular complexity index is 284. The van der Waals surface area contributed by atoms with Crippen LogP contribution < -0.4 is 5.73 Å². The molecule has 102 valence electrons. The van der Waals surface area contributed by atoms with Gasteiger partial charge in [-0.05, 0) is 12.5 Å². The molecule has 0 aliphatic heterocycles. The van der Waals surface area contributed by atoms with E-state index in [0.29, 0.717) is 6.61 Å². The van der Waals surface area contributed by atoms with E-state index in [1.165, 1.54) is 0 Å². The molecule has 0 saturated carbocycles. The van der Waals surface area contributed by atoms with Gasteiger partial charge in [-0.1, -0.05) is 44.2 Å². The molecule has 1 unspecified atom stereocenters. The van der Waals surface area contributed by atoms with Gasteiger partial charge in [-0.15, -0.1) is 0 Å². The van der Waals surface area contributed by atoms with Crippen LogP contribution in [0.1, 0.15) is 27.8 Å². The van der Waals surface area contributed by atoms with Crippen molar-refractivity contribution >= 4 is 15.9 Å². The van der Waals surface area contributed by atoms with E-state index < -0.39 is 6.04 Å². The predicted octanol–water partition coefficient (Wildman–Crippen LogP) is 1.58. The number of benzene rings is 1. The van der Waals surface area contributed by atoms with Gasteiger partial charge in [-0.2, -0.15) is 9.90 Å². The molecular weight excluding hydrogens is 237 g/mol.